The van der Waals surface area contributed by atoms with Crippen LogP contribution in [0.1, 0.15) is 18.9 Å². The van der Waals surface area contributed by atoms with Crippen molar-refractivity contribution in [2.75, 3.05) is 6.61 Å². The molecule has 1 aromatic rings. The van der Waals surface area contributed by atoms with Gasteiger partial charge >= 0.3 is 0 Å². The van der Waals surface area contributed by atoms with Gasteiger partial charge in [0.15, 0.2) is 0 Å². The van der Waals surface area contributed by atoms with E-state index in [2.05, 4.69) is 5.32 Å². The van der Waals surface area contributed by atoms with Crippen molar-refractivity contribution in [2.45, 2.75) is 25.9 Å². The fraction of sp³-hybridized carbons (Fsp3) is 0.455. The minimum absolute atomic E-state index is 0.151. The van der Waals surface area contributed by atoms with Gasteiger partial charge in [0, 0.05) is 24.2 Å². The second kappa shape index (κ2) is 6.05. The molecule has 0 saturated heterocycles. The molecule has 0 fully saturated rings. The molecule has 1 rings (SSSR count). The van der Waals surface area contributed by atoms with Gasteiger partial charge in [0.2, 0.25) is 0 Å². The highest BCUT2D eigenvalue weighted by Gasteiger charge is 2.02. The zero-order valence-corrected chi connectivity index (χ0v) is 9.39. The average Bonchev–Trinajstić information content (AvgIpc) is 2.14. The number of halogens is 2. The summed E-state index contributed by atoms with van der Waals surface area (Å²) in [6.07, 6.45) is 0.684. The van der Waals surface area contributed by atoms with Gasteiger partial charge in [-0.05, 0) is 37.1 Å². The van der Waals surface area contributed by atoms with E-state index in [0.717, 1.165) is 5.56 Å². The highest BCUT2D eigenvalue weighted by Crippen LogP contribution is 2.14. The molecule has 2 N–H and O–H groups in total. The van der Waals surface area contributed by atoms with Crippen LogP contribution < -0.4 is 5.32 Å². The van der Waals surface area contributed by atoms with Crippen molar-refractivity contribution in [3.63, 3.8) is 0 Å². The van der Waals surface area contributed by atoms with Crippen molar-refractivity contribution in [1.29, 1.82) is 0 Å². The Kier molecular flexibility index (Phi) is 5.02. The number of rotatable bonds is 5. The molecule has 0 radical (unpaired) electrons. The summed E-state index contributed by atoms with van der Waals surface area (Å²) in [7, 11) is 0. The van der Waals surface area contributed by atoms with Gasteiger partial charge in [0.05, 0.1) is 0 Å². The van der Waals surface area contributed by atoms with Crippen LogP contribution in [0.15, 0.2) is 18.2 Å². The zero-order chi connectivity index (χ0) is 11.3. The van der Waals surface area contributed by atoms with Gasteiger partial charge in [-0.1, -0.05) is 11.6 Å². The Labute approximate surface area is 94.1 Å². The Bertz CT molecular complexity index is 299. The Morgan fingerprint density at radius 2 is 2.20 bits per heavy atom. The van der Waals surface area contributed by atoms with Crippen molar-refractivity contribution in [3.05, 3.63) is 34.6 Å². The zero-order valence-electron chi connectivity index (χ0n) is 8.63. The van der Waals surface area contributed by atoms with E-state index < -0.39 is 0 Å². The highest BCUT2D eigenvalue weighted by molar-refractivity contribution is 6.30. The molecule has 0 bridgehead atoms. The van der Waals surface area contributed by atoms with E-state index in [9.17, 15) is 4.39 Å². The molecule has 1 atom stereocenters. The molecule has 0 spiro atoms. The van der Waals surface area contributed by atoms with Crippen LogP contribution in [0, 0.1) is 5.82 Å². The lowest BCUT2D eigenvalue weighted by Crippen LogP contribution is -2.26. The van der Waals surface area contributed by atoms with Crippen molar-refractivity contribution in [3.8, 4) is 0 Å². The lowest BCUT2D eigenvalue weighted by atomic mass is 10.2. The number of aliphatic hydroxyl groups is 1. The van der Waals surface area contributed by atoms with Crippen molar-refractivity contribution < 1.29 is 9.50 Å². The molecule has 1 unspecified atom stereocenters. The number of aliphatic hydroxyl groups excluding tert-OH is 1. The van der Waals surface area contributed by atoms with Gasteiger partial charge in [-0.3, -0.25) is 0 Å². The summed E-state index contributed by atoms with van der Waals surface area (Å²) in [5.41, 5.74) is 0.810. The van der Waals surface area contributed by atoms with Gasteiger partial charge in [-0.2, -0.15) is 0 Å². The van der Waals surface area contributed by atoms with Crippen LogP contribution in [0.25, 0.3) is 0 Å². The first-order valence-corrected chi connectivity index (χ1v) is 5.29. The average molecular weight is 232 g/mol. The van der Waals surface area contributed by atoms with E-state index in [1.165, 1.54) is 12.1 Å². The first kappa shape index (κ1) is 12.4. The van der Waals surface area contributed by atoms with E-state index in [1.807, 2.05) is 6.92 Å². The number of hydrogen-bond donors (Lipinski definition) is 2. The summed E-state index contributed by atoms with van der Waals surface area (Å²) in [4.78, 5) is 0. The molecule has 0 aliphatic heterocycles. The Balaban J connectivity index is 2.50. The first-order chi connectivity index (χ1) is 7.11. The van der Waals surface area contributed by atoms with Crippen LogP contribution in [0.4, 0.5) is 4.39 Å². The lowest BCUT2D eigenvalue weighted by molar-refractivity contribution is 0.268. The molecule has 2 nitrogen and oxygen atoms in total. The fourth-order valence-corrected chi connectivity index (χ4v) is 1.55. The second-order valence-corrected chi connectivity index (χ2v) is 4.01. The SMILES string of the molecule is CC(CCO)NCc1cc(F)cc(Cl)c1. The van der Waals surface area contributed by atoms with Gasteiger partial charge in [-0.25, -0.2) is 4.39 Å². The topological polar surface area (TPSA) is 32.3 Å². The van der Waals surface area contributed by atoms with Crippen molar-refractivity contribution in [2.24, 2.45) is 0 Å². The van der Waals surface area contributed by atoms with Crippen LogP contribution >= 0.6 is 11.6 Å². The standard InChI is InChI=1S/C11H15ClFNO/c1-8(2-3-15)14-7-9-4-10(12)6-11(13)5-9/h4-6,8,14-15H,2-3,7H2,1H3. The number of benzene rings is 1. The maximum atomic E-state index is 12.9. The van der Waals surface area contributed by atoms with Crippen LogP contribution in [0.3, 0.4) is 0 Å². The quantitative estimate of drug-likeness (QED) is 0.815. The smallest absolute Gasteiger partial charge is 0.125 e. The van der Waals surface area contributed by atoms with E-state index in [0.29, 0.717) is 18.0 Å². The summed E-state index contributed by atoms with van der Waals surface area (Å²) in [5.74, 6) is -0.325. The minimum atomic E-state index is -0.325. The summed E-state index contributed by atoms with van der Waals surface area (Å²) in [6.45, 7) is 2.67. The first-order valence-electron chi connectivity index (χ1n) is 4.91. The van der Waals surface area contributed by atoms with Gasteiger partial charge < -0.3 is 10.4 Å². The molecule has 0 aliphatic carbocycles. The molecule has 1 aromatic carbocycles. The largest absolute Gasteiger partial charge is 0.396 e. The minimum Gasteiger partial charge on any atom is -0.396 e. The van der Waals surface area contributed by atoms with Crippen molar-refractivity contribution in [1.82, 2.24) is 5.32 Å². The molecule has 0 saturated carbocycles. The summed E-state index contributed by atoms with van der Waals surface area (Å²) in [6, 6.07) is 4.66. The number of nitrogens with one attached hydrogen (secondary N) is 1. The second-order valence-electron chi connectivity index (χ2n) is 3.57. The Morgan fingerprint density at radius 3 is 2.80 bits per heavy atom. The van der Waals surface area contributed by atoms with Gasteiger partial charge in [-0.15, -0.1) is 0 Å². The monoisotopic (exact) mass is 231 g/mol. The van der Waals surface area contributed by atoms with Crippen LogP contribution in [0.5, 0.6) is 0 Å². The molecular formula is C11H15ClFNO. The third-order valence-electron chi connectivity index (χ3n) is 2.14. The normalized spacial score (nSPS) is 12.8. The molecule has 0 aliphatic rings. The Morgan fingerprint density at radius 1 is 1.47 bits per heavy atom. The molecule has 0 amide bonds. The molecule has 4 heteroatoms. The maximum absolute atomic E-state index is 12.9. The van der Waals surface area contributed by atoms with E-state index in [1.54, 1.807) is 6.07 Å². The van der Waals surface area contributed by atoms with Gasteiger partial charge in [0.1, 0.15) is 5.82 Å². The number of hydrogen-bond acceptors (Lipinski definition) is 2. The van der Waals surface area contributed by atoms with E-state index >= 15 is 0 Å². The molecule has 84 valence electrons. The van der Waals surface area contributed by atoms with Crippen LogP contribution in [-0.4, -0.2) is 17.8 Å². The summed E-state index contributed by atoms with van der Waals surface area (Å²) < 4.78 is 12.9. The predicted molar refractivity (Wildman–Crippen MR) is 59.4 cm³/mol. The molecule has 0 aromatic heterocycles. The van der Waals surface area contributed by atoms with Crippen LogP contribution in [0.2, 0.25) is 5.02 Å². The van der Waals surface area contributed by atoms with Gasteiger partial charge in [0.25, 0.3) is 0 Å². The maximum Gasteiger partial charge on any atom is 0.125 e. The van der Waals surface area contributed by atoms with Crippen molar-refractivity contribution >= 4 is 11.6 Å². The summed E-state index contributed by atoms with van der Waals surface area (Å²) in [5, 5.41) is 12.3. The van der Waals surface area contributed by atoms with E-state index in [-0.39, 0.29) is 18.5 Å². The highest BCUT2D eigenvalue weighted by atomic mass is 35.5. The Hall–Kier alpha value is -0.640. The summed E-state index contributed by atoms with van der Waals surface area (Å²) >= 11 is 5.72. The molecular weight excluding hydrogens is 217 g/mol. The predicted octanol–water partition coefficient (Wildman–Crippen LogP) is 2.34. The van der Waals surface area contributed by atoms with Crippen LogP contribution in [-0.2, 0) is 6.54 Å². The fourth-order valence-electron chi connectivity index (χ4n) is 1.30. The third kappa shape index (κ3) is 4.60. The van der Waals surface area contributed by atoms with E-state index in [4.69, 9.17) is 16.7 Å². The molecule has 0 heterocycles. The third-order valence-corrected chi connectivity index (χ3v) is 2.36. The molecule has 15 heavy (non-hydrogen) atoms. The lowest BCUT2D eigenvalue weighted by Gasteiger charge is -2.12.